The van der Waals surface area contributed by atoms with E-state index in [4.69, 9.17) is 11.6 Å². The predicted molar refractivity (Wildman–Crippen MR) is 107 cm³/mol. The molecule has 1 amide bonds. The SMILES string of the molecule is Cc1ccc(Cl)cc1N1CCN(C(=O)[C@H]2C[C@H]2c2ccc(C(F)(F)F)cc2)CC1. The highest BCUT2D eigenvalue weighted by molar-refractivity contribution is 6.30. The highest BCUT2D eigenvalue weighted by atomic mass is 35.5. The van der Waals surface area contributed by atoms with Crippen molar-refractivity contribution in [2.45, 2.75) is 25.4 Å². The van der Waals surface area contributed by atoms with E-state index in [1.165, 1.54) is 12.1 Å². The van der Waals surface area contributed by atoms with Crippen LogP contribution in [-0.2, 0) is 11.0 Å². The largest absolute Gasteiger partial charge is 0.416 e. The Kier molecular flexibility index (Phi) is 5.23. The van der Waals surface area contributed by atoms with Crippen LogP contribution in [0.25, 0.3) is 0 Å². The van der Waals surface area contributed by atoms with Crippen LogP contribution in [0.15, 0.2) is 42.5 Å². The smallest absolute Gasteiger partial charge is 0.368 e. The number of nitrogens with zero attached hydrogens (tertiary/aromatic N) is 2. The Labute approximate surface area is 173 Å². The maximum Gasteiger partial charge on any atom is 0.416 e. The number of alkyl halides is 3. The average Bonchev–Trinajstić information content (AvgIpc) is 3.50. The number of piperazine rings is 1. The van der Waals surface area contributed by atoms with Crippen molar-refractivity contribution in [2.75, 3.05) is 31.1 Å². The lowest BCUT2D eigenvalue weighted by Gasteiger charge is -2.37. The van der Waals surface area contributed by atoms with Gasteiger partial charge in [0.15, 0.2) is 0 Å². The molecule has 0 aromatic heterocycles. The Morgan fingerprint density at radius 1 is 1.03 bits per heavy atom. The van der Waals surface area contributed by atoms with Crippen molar-refractivity contribution >= 4 is 23.2 Å². The molecule has 0 radical (unpaired) electrons. The van der Waals surface area contributed by atoms with Gasteiger partial charge in [-0.05, 0) is 54.7 Å². The highest BCUT2D eigenvalue weighted by Crippen LogP contribution is 2.49. The molecule has 0 bridgehead atoms. The Morgan fingerprint density at radius 2 is 1.69 bits per heavy atom. The first-order valence-electron chi connectivity index (χ1n) is 9.71. The lowest BCUT2D eigenvalue weighted by Crippen LogP contribution is -2.49. The number of carbonyl (C=O) groups excluding carboxylic acids is 1. The van der Waals surface area contributed by atoms with Gasteiger partial charge in [-0.25, -0.2) is 0 Å². The molecule has 2 aliphatic rings. The summed E-state index contributed by atoms with van der Waals surface area (Å²) in [5, 5.41) is 0.696. The molecule has 29 heavy (non-hydrogen) atoms. The standard InChI is InChI=1S/C22H22ClF3N2O/c1-14-2-7-17(23)12-20(14)27-8-10-28(11-9-27)21(29)19-13-18(19)15-3-5-16(6-4-15)22(24,25)26/h2-7,12,18-19H,8-11,13H2,1H3/t18-,19-/m0/s1. The van der Waals surface area contributed by atoms with Crippen molar-refractivity contribution in [1.82, 2.24) is 4.90 Å². The van der Waals surface area contributed by atoms with Gasteiger partial charge in [0, 0.05) is 42.8 Å². The Hall–Kier alpha value is -2.21. The molecule has 0 unspecified atom stereocenters. The van der Waals surface area contributed by atoms with E-state index < -0.39 is 11.7 Å². The molecule has 4 rings (SSSR count). The summed E-state index contributed by atoms with van der Waals surface area (Å²) in [6.45, 7) is 4.80. The van der Waals surface area contributed by atoms with Crippen LogP contribution in [0.5, 0.6) is 0 Å². The lowest BCUT2D eigenvalue weighted by atomic mass is 10.1. The van der Waals surface area contributed by atoms with E-state index in [-0.39, 0.29) is 17.7 Å². The maximum absolute atomic E-state index is 12.8. The number of aryl methyl sites for hydroxylation is 1. The Morgan fingerprint density at radius 3 is 2.31 bits per heavy atom. The number of benzene rings is 2. The molecule has 2 fully saturated rings. The van der Waals surface area contributed by atoms with Gasteiger partial charge in [-0.2, -0.15) is 13.2 Å². The normalized spacial score (nSPS) is 22.0. The van der Waals surface area contributed by atoms with E-state index in [0.717, 1.165) is 42.0 Å². The van der Waals surface area contributed by atoms with Gasteiger partial charge in [0.1, 0.15) is 0 Å². The van der Waals surface area contributed by atoms with E-state index in [0.29, 0.717) is 24.5 Å². The third-order valence-corrected chi connectivity index (χ3v) is 6.11. The van der Waals surface area contributed by atoms with Crippen LogP contribution in [0.2, 0.25) is 5.02 Å². The molecule has 1 aliphatic carbocycles. The molecule has 2 aromatic carbocycles. The Balaban J connectivity index is 1.34. The number of hydrogen-bond acceptors (Lipinski definition) is 2. The van der Waals surface area contributed by atoms with Crippen LogP contribution in [-0.4, -0.2) is 37.0 Å². The van der Waals surface area contributed by atoms with Crippen molar-refractivity contribution < 1.29 is 18.0 Å². The second-order valence-corrected chi connectivity index (χ2v) is 8.25. The van der Waals surface area contributed by atoms with Gasteiger partial charge in [-0.1, -0.05) is 29.8 Å². The van der Waals surface area contributed by atoms with Crippen LogP contribution in [0.3, 0.4) is 0 Å². The zero-order chi connectivity index (χ0) is 20.8. The van der Waals surface area contributed by atoms with Crippen LogP contribution < -0.4 is 4.90 Å². The topological polar surface area (TPSA) is 23.6 Å². The average molecular weight is 423 g/mol. The Bertz CT molecular complexity index is 905. The molecule has 154 valence electrons. The van der Waals surface area contributed by atoms with Crippen LogP contribution >= 0.6 is 11.6 Å². The molecular formula is C22H22ClF3N2O. The number of hydrogen-bond donors (Lipinski definition) is 0. The molecule has 0 spiro atoms. The molecule has 2 atom stereocenters. The van der Waals surface area contributed by atoms with Gasteiger partial charge in [0.25, 0.3) is 0 Å². The first kappa shape index (κ1) is 20.1. The molecule has 1 saturated heterocycles. The summed E-state index contributed by atoms with van der Waals surface area (Å²) >= 11 is 6.12. The second-order valence-electron chi connectivity index (χ2n) is 7.81. The summed E-state index contributed by atoms with van der Waals surface area (Å²) < 4.78 is 38.1. The van der Waals surface area contributed by atoms with Crippen LogP contribution in [0.1, 0.15) is 29.0 Å². The monoisotopic (exact) mass is 422 g/mol. The fourth-order valence-electron chi connectivity index (χ4n) is 4.08. The van der Waals surface area contributed by atoms with Gasteiger partial charge in [-0.15, -0.1) is 0 Å². The summed E-state index contributed by atoms with van der Waals surface area (Å²) in [7, 11) is 0. The first-order chi connectivity index (χ1) is 13.7. The number of rotatable bonds is 3. The summed E-state index contributed by atoms with van der Waals surface area (Å²) in [4.78, 5) is 17.0. The van der Waals surface area contributed by atoms with Crippen molar-refractivity contribution in [3.8, 4) is 0 Å². The van der Waals surface area contributed by atoms with E-state index in [9.17, 15) is 18.0 Å². The molecular weight excluding hydrogens is 401 g/mol. The van der Waals surface area contributed by atoms with Gasteiger partial charge < -0.3 is 9.80 Å². The molecule has 0 N–H and O–H groups in total. The predicted octanol–water partition coefficient (Wildman–Crippen LogP) is 5.12. The minimum atomic E-state index is -4.34. The molecule has 2 aromatic rings. The number of anilines is 1. The molecule has 1 saturated carbocycles. The van der Waals surface area contributed by atoms with E-state index in [1.54, 1.807) is 0 Å². The summed E-state index contributed by atoms with van der Waals surface area (Å²) in [6.07, 6.45) is -3.63. The number of amides is 1. The fraction of sp³-hybridized carbons (Fsp3) is 0.409. The van der Waals surface area contributed by atoms with E-state index in [2.05, 4.69) is 4.90 Å². The molecule has 1 aliphatic heterocycles. The molecule has 3 nitrogen and oxygen atoms in total. The van der Waals surface area contributed by atoms with Gasteiger partial charge in [0.05, 0.1) is 5.56 Å². The van der Waals surface area contributed by atoms with Gasteiger partial charge in [-0.3, -0.25) is 4.79 Å². The first-order valence-corrected chi connectivity index (χ1v) is 10.1. The van der Waals surface area contributed by atoms with Crippen LogP contribution in [0, 0.1) is 12.8 Å². The minimum absolute atomic E-state index is 0.0259. The minimum Gasteiger partial charge on any atom is -0.368 e. The van der Waals surface area contributed by atoms with Gasteiger partial charge >= 0.3 is 6.18 Å². The maximum atomic E-state index is 12.8. The fourth-order valence-corrected chi connectivity index (χ4v) is 4.25. The summed E-state index contributed by atoms with van der Waals surface area (Å²) in [5.74, 6) is 0.0153. The molecule has 7 heteroatoms. The van der Waals surface area contributed by atoms with Crippen molar-refractivity contribution in [3.05, 3.63) is 64.2 Å². The molecule has 1 heterocycles. The number of halogens is 4. The summed E-state index contributed by atoms with van der Waals surface area (Å²) in [6, 6.07) is 11.0. The van der Waals surface area contributed by atoms with E-state index in [1.807, 2.05) is 30.0 Å². The van der Waals surface area contributed by atoms with Crippen molar-refractivity contribution in [2.24, 2.45) is 5.92 Å². The van der Waals surface area contributed by atoms with Crippen LogP contribution in [0.4, 0.5) is 18.9 Å². The zero-order valence-corrected chi connectivity index (χ0v) is 16.8. The highest BCUT2D eigenvalue weighted by Gasteiger charge is 2.46. The zero-order valence-electron chi connectivity index (χ0n) is 16.0. The van der Waals surface area contributed by atoms with Gasteiger partial charge in [0.2, 0.25) is 5.91 Å². The van der Waals surface area contributed by atoms with Crippen molar-refractivity contribution in [3.63, 3.8) is 0 Å². The third-order valence-electron chi connectivity index (χ3n) is 5.88. The van der Waals surface area contributed by atoms with E-state index >= 15 is 0 Å². The lowest BCUT2D eigenvalue weighted by molar-refractivity contribution is -0.137. The van der Waals surface area contributed by atoms with Crippen molar-refractivity contribution in [1.29, 1.82) is 0 Å². The summed E-state index contributed by atoms with van der Waals surface area (Å²) in [5.41, 5.74) is 2.40. The number of carbonyl (C=O) groups is 1. The second kappa shape index (κ2) is 7.56. The third kappa shape index (κ3) is 4.22. The quantitative estimate of drug-likeness (QED) is 0.685.